The molecule has 0 aliphatic heterocycles. The number of para-hydroxylation sites is 1. The molecule has 1 aromatic carbocycles. The first kappa shape index (κ1) is 15.4. The number of hydrogen-bond acceptors (Lipinski definition) is 3. The molecule has 3 N–H and O–H groups in total. The second-order valence-electron chi connectivity index (χ2n) is 4.39. The van der Waals surface area contributed by atoms with Crippen LogP contribution in [0, 0.1) is 6.92 Å². The molecule has 0 aliphatic rings. The summed E-state index contributed by atoms with van der Waals surface area (Å²) in [6.07, 6.45) is 0.767. The summed E-state index contributed by atoms with van der Waals surface area (Å²) < 4.78 is 28.9. The molecule has 0 aliphatic carbocycles. The molecule has 1 unspecified atom stereocenters. The number of carbonyl (C=O) groups excluding carboxylic acids is 1. The van der Waals surface area contributed by atoms with Gasteiger partial charge in [0.25, 0.3) is 0 Å². The zero-order valence-corrected chi connectivity index (χ0v) is 11.0. The Hall–Kier alpha value is -1.69. The summed E-state index contributed by atoms with van der Waals surface area (Å²) in [7, 11) is 0. The second-order valence-corrected chi connectivity index (χ2v) is 4.39. The highest BCUT2D eigenvalue weighted by Crippen LogP contribution is 2.29. The van der Waals surface area contributed by atoms with Crippen molar-refractivity contribution in [1.82, 2.24) is 0 Å². The molecule has 1 aromatic rings. The van der Waals surface area contributed by atoms with Crippen LogP contribution in [0.4, 0.5) is 14.5 Å². The summed E-state index contributed by atoms with van der Waals surface area (Å²) in [6.45, 7) is 0.577. The van der Waals surface area contributed by atoms with Crippen molar-refractivity contribution in [3.8, 4) is 5.75 Å². The van der Waals surface area contributed by atoms with E-state index in [-0.39, 0.29) is 29.8 Å². The Morgan fingerprint density at radius 2 is 2.16 bits per heavy atom. The molecule has 1 amide bonds. The molecule has 0 fully saturated rings. The molecule has 0 saturated heterocycles. The number of amides is 1. The third kappa shape index (κ3) is 5.21. The Kier molecular flexibility index (Phi) is 5.69. The van der Waals surface area contributed by atoms with Gasteiger partial charge in [-0.25, -0.2) is 0 Å². The van der Waals surface area contributed by atoms with Crippen LogP contribution in [0.1, 0.15) is 25.3 Å². The quantitative estimate of drug-likeness (QED) is 0.836. The number of anilines is 1. The number of benzene rings is 1. The molecule has 0 bridgehead atoms. The van der Waals surface area contributed by atoms with E-state index < -0.39 is 6.61 Å². The van der Waals surface area contributed by atoms with E-state index in [1.54, 1.807) is 26.0 Å². The Morgan fingerprint density at radius 1 is 1.47 bits per heavy atom. The number of aryl methyl sites for hydroxylation is 1. The third-order valence-electron chi connectivity index (χ3n) is 2.54. The minimum atomic E-state index is -2.93. The van der Waals surface area contributed by atoms with E-state index in [4.69, 9.17) is 5.73 Å². The van der Waals surface area contributed by atoms with Crippen LogP contribution in [-0.2, 0) is 4.79 Å². The van der Waals surface area contributed by atoms with Gasteiger partial charge in [-0.05, 0) is 31.9 Å². The van der Waals surface area contributed by atoms with Gasteiger partial charge in [0.15, 0.2) is 0 Å². The Bertz CT molecular complexity index is 437. The van der Waals surface area contributed by atoms with Crippen molar-refractivity contribution in [2.24, 2.45) is 5.73 Å². The zero-order valence-electron chi connectivity index (χ0n) is 11.0. The number of carbonyl (C=O) groups is 1. The molecule has 0 radical (unpaired) electrons. The van der Waals surface area contributed by atoms with Gasteiger partial charge in [0.2, 0.25) is 5.91 Å². The van der Waals surface area contributed by atoms with Gasteiger partial charge in [-0.3, -0.25) is 4.79 Å². The second kappa shape index (κ2) is 7.04. The lowest BCUT2D eigenvalue weighted by molar-refractivity contribution is -0.116. The normalized spacial score (nSPS) is 12.3. The van der Waals surface area contributed by atoms with Crippen LogP contribution in [0.15, 0.2) is 18.2 Å². The van der Waals surface area contributed by atoms with Crippen molar-refractivity contribution in [3.63, 3.8) is 0 Å². The van der Waals surface area contributed by atoms with E-state index in [0.29, 0.717) is 12.0 Å². The Labute approximate surface area is 110 Å². The molecule has 19 heavy (non-hydrogen) atoms. The number of halogens is 2. The lowest BCUT2D eigenvalue weighted by Crippen LogP contribution is -2.20. The molecule has 1 rings (SSSR count). The molecular formula is C13H18F2N2O2. The molecule has 0 saturated carbocycles. The number of nitrogens with one attached hydrogen (secondary N) is 1. The largest absolute Gasteiger partial charge is 0.433 e. The highest BCUT2D eigenvalue weighted by Gasteiger charge is 2.14. The van der Waals surface area contributed by atoms with E-state index in [2.05, 4.69) is 10.1 Å². The number of alkyl halides is 2. The maximum atomic E-state index is 12.3. The monoisotopic (exact) mass is 272 g/mol. The fourth-order valence-electron chi connectivity index (χ4n) is 1.56. The zero-order chi connectivity index (χ0) is 14.4. The molecule has 4 nitrogen and oxygen atoms in total. The van der Waals surface area contributed by atoms with Crippen LogP contribution >= 0.6 is 0 Å². The predicted octanol–water partition coefficient (Wildman–Crippen LogP) is 2.66. The third-order valence-corrected chi connectivity index (χ3v) is 2.54. The Balaban J connectivity index is 2.78. The molecule has 0 heterocycles. The van der Waals surface area contributed by atoms with Gasteiger partial charge in [0, 0.05) is 12.5 Å². The van der Waals surface area contributed by atoms with Crippen LogP contribution in [0.3, 0.4) is 0 Å². The standard InChI is InChI=1S/C13H18F2N2O2/c1-8-4-3-5-10(19-13(14)15)12(8)17-11(18)7-6-9(2)16/h3-5,9,13H,6-7,16H2,1-2H3,(H,17,18). The van der Waals surface area contributed by atoms with Crippen LogP contribution in [0.5, 0.6) is 5.75 Å². The fourth-order valence-corrected chi connectivity index (χ4v) is 1.56. The maximum Gasteiger partial charge on any atom is 0.387 e. The molecule has 1 atom stereocenters. The first-order chi connectivity index (χ1) is 8.90. The number of nitrogens with two attached hydrogens (primary N) is 1. The number of rotatable bonds is 6. The topological polar surface area (TPSA) is 64.3 Å². The molecule has 6 heteroatoms. The van der Waals surface area contributed by atoms with Crippen molar-refractivity contribution in [2.75, 3.05) is 5.32 Å². The molecule has 106 valence electrons. The highest BCUT2D eigenvalue weighted by atomic mass is 19.3. The predicted molar refractivity (Wildman–Crippen MR) is 69.3 cm³/mol. The van der Waals surface area contributed by atoms with Crippen molar-refractivity contribution >= 4 is 11.6 Å². The summed E-state index contributed by atoms with van der Waals surface area (Å²) >= 11 is 0. The average Bonchev–Trinajstić information content (AvgIpc) is 2.30. The molecule has 0 aromatic heterocycles. The lowest BCUT2D eigenvalue weighted by atomic mass is 10.1. The lowest BCUT2D eigenvalue weighted by Gasteiger charge is -2.14. The summed E-state index contributed by atoms with van der Waals surface area (Å²) in [6, 6.07) is 4.60. The highest BCUT2D eigenvalue weighted by molar-refractivity contribution is 5.93. The summed E-state index contributed by atoms with van der Waals surface area (Å²) in [5.41, 5.74) is 6.49. The smallest absolute Gasteiger partial charge is 0.387 e. The average molecular weight is 272 g/mol. The van der Waals surface area contributed by atoms with Crippen molar-refractivity contribution in [1.29, 1.82) is 0 Å². The fraction of sp³-hybridized carbons (Fsp3) is 0.462. The first-order valence-electron chi connectivity index (χ1n) is 6.00. The SMILES string of the molecule is Cc1cccc(OC(F)F)c1NC(=O)CCC(C)N. The van der Waals surface area contributed by atoms with Crippen LogP contribution < -0.4 is 15.8 Å². The van der Waals surface area contributed by atoms with Crippen molar-refractivity contribution < 1.29 is 18.3 Å². The molecule has 0 spiro atoms. The van der Waals surface area contributed by atoms with Gasteiger partial charge in [-0.2, -0.15) is 8.78 Å². The van der Waals surface area contributed by atoms with Gasteiger partial charge in [-0.15, -0.1) is 0 Å². The van der Waals surface area contributed by atoms with Gasteiger partial charge >= 0.3 is 6.61 Å². The van der Waals surface area contributed by atoms with E-state index in [9.17, 15) is 13.6 Å². The summed E-state index contributed by atoms with van der Waals surface area (Å²) in [4.78, 5) is 11.7. The van der Waals surface area contributed by atoms with Gasteiger partial charge in [0.05, 0.1) is 5.69 Å². The van der Waals surface area contributed by atoms with E-state index in [0.717, 1.165) is 0 Å². The minimum Gasteiger partial charge on any atom is -0.433 e. The Morgan fingerprint density at radius 3 is 2.74 bits per heavy atom. The summed E-state index contributed by atoms with van der Waals surface area (Å²) in [5, 5.41) is 2.59. The molecular weight excluding hydrogens is 254 g/mol. The van der Waals surface area contributed by atoms with Gasteiger partial charge in [0.1, 0.15) is 5.75 Å². The minimum absolute atomic E-state index is 0.0378. The van der Waals surface area contributed by atoms with Crippen LogP contribution in [0.2, 0.25) is 0 Å². The van der Waals surface area contributed by atoms with E-state index in [1.165, 1.54) is 6.07 Å². The first-order valence-corrected chi connectivity index (χ1v) is 6.00. The van der Waals surface area contributed by atoms with Crippen LogP contribution in [0.25, 0.3) is 0 Å². The number of ether oxygens (including phenoxy) is 1. The van der Waals surface area contributed by atoms with Gasteiger partial charge in [-0.1, -0.05) is 12.1 Å². The summed E-state index contributed by atoms with van der Waals surface area (Å²) in [5.74, 6) is -0.310. The van der Waals surface area contributed by atoms with Crippen molar-refractivity contribution in [3.05, 3.63) is 23.8 Å². The van der Waals surface area contributed by atoms with Gasteiger partial charge < -0.3 is 15.8 Å². The van der Waals surface area contributed by atoms with Crippen LogP contribution in [-0.4, -0.2) is 18.6 Å². The van der Waals surface area contributed by atoms with E-state index >= 15 is 0 Å². The van der Waals surface area contributed by atoms with Crippen molar-refractivity contribution in [2.45, 2.75) is 39.3 Å². The van der Waals surface area contributed by atoms with E-state index in [1.807, 2.05) is 0 Å². The maximum absolute atomic E-state index is 12.3. The number of hydrogen-bond donors (Lipinski definition) is 2.